The van der Waals surface area contributed by atoms with Gasteiger partial charge in [0.15, 0.2) is 0 Å². The summed E-state index contributed by atoms with van der Waals surface area (Å²) in [7, 11) is 0. The zero-order valence-electron chi connectivity index (χ0n) is 13.0. The van der Waals surface area contributed by atoms with Gasteiger partial charge in [-0.3, -0.25) is 10.1 Å². The van der Waals surface area contributed by atoms with Crippen molar-refractivity contribution in [1.82, 2.24) is 10.2 Å². The van der Waals surface area contributed by atoms with Crippen LogP contribution in [0.2, 0.25) is 0 Å². The normalized spacial score (nSPS) is 23.9. The van der Waals surface area contributed by atoms with Gasteiger partial charge in [-0.2, -0.15) is 0 Å². The molecule has 1 aliphatic heterocycles. The number of piperidine rings is 1. The molecule has 0 spiro atoms. The number of benzene rings is 1. The third-order valence-corrected chi connectivity index (χ3v) is 4.37. The van der Waals surface area contributed by atoms with E-state index in [0.717, 1.165) is 18.4 Å². The van der Waals surface area contributed by atoms with Gasteiger partial charge in [0.1, 0.15) is 0 Å². The fourth-order valence-corrected chi connectivity index (χ4v) is 3.19. The van der Waals surface area contributed by atoms with Crippen molar-refractivity contribution in [3.8, 4) is 0 Å². The Morgan fingerprint density at radius 2 is 1.90 bits per heavy atom. The molecule has 116 valence electrons. The lowest BCUT2D eigenvalue weighted by Crippen LogP contribution is -2.50. The smallest absolute Gasteiger partial charge is 0.237 e. The number of nitrogens with zero attached hydrogens (tertiary/aromatic N) is 1. The highest BCUT2D eigenvalue weighted by atomic mass is 16.3. The molecule has 2 N–H and O–H groups in total. The molecule has 1 heterocycles. The van der Waals surface area contributed by atoms with Crippen LogP contribution in [0.15, 0.2) is 30.3 Å². The highest BCUT2D eigenvalue weighted by Crippen LogP contribution is 2.22. The summed E-state index contributed by atoms with van der Waals surface area (Å²) in [5, 5.41) is 12.7. The summed E-state index contributed by atoms with van der Waals surface area (Å²) < 4.78 is 0. The van der Waals surface area contributed by atoms with Crippen molar-refractivity contribution in [2.75, 3.05) is 13.2 Å². The van der Waals surface area contributed by atoms with Crippen molar-refractivity contribution in [2.45, 2.75) is 51.2 Å². The van der Waals surface area contributed by atoms with Gasteiger partial charge in [-0.15, -0.1) is 0 Å². The maximum atomic E-state index is 12.5. The highest BCUT2D eigenvalue weighted by molar-refractivity contribution is 5.79. The van der Waals surface area contributed by atoms with Gasteiger partial charge in [0.05, 0.1) is 19.2 Å². The first-order valence-electron chi connectivity index (χ1n) is 7.83. The number of hydrogen-bond donors (Lipinski definition) is 2. The highest BCUT2D eigenvalue weighted by Gasteiger charge is 2.28. The fraction of sp³-hybridized carbons (Fsp3) is 0.588. The van der Waals surface area contributed by atoms with Gasteiger partial charge < -0.3 is 10.0 Å². The number of rotatable bonds is 5. The summed E-state index contributed by atoms with van der Waals surface area (Å²) in [6, 6.07) is 10.2. The van der Waals surface area contributed by atoms with E-state index in [1.54, 1.807) is 0 Å². The molecular formula is C17H26N2O2. The lowest BCUT2D eigenvalue weighted by atomic mass is 9.97. The van der Waals surface area contributed by atoms with E-state index < -0.39 is 0 Å². The van der Waals surface area contributed by atoms with Crippen LogP contribution in [0.4, 0.5) is 0 Å². The van der Waals surface area contributed by atoms with E-state index in [2.05, 4.69) is 19.2 Å². The number of carbonyl (C=O) groups excluding carboxylic acids is 1. The standard InChI is InChI=1S/C17H26N2O2/c1-13-7-6-8-14(2)19(13)17(21)11-18-16(12-20)15-9-4-3-5-10-15/h3-5,9-10,13-14,16,18,20H,6-8,11-12H2,1-2H3/t13-,14+,16-/m1/s1. The van der Waals surface area contributed by atoms with E-state index >= 15 is 0 Å². The molecule has 3 atom stereocenters. The average molecular weight is 290 g/mol. The number of carbonyl (C=O) groups is 1. The minimum atomic E-state index is -0.189. The van der Waals surface area contributed by atoms with Crippen LogP contribution in [0.1, 0.15) is 44.7 Å². The van der Waals surface area contributed by atoms with Crippen molar-refractivity contribution < 1.29 is 9.90 Å². The summed E-state index contributed by atoms with van der Waals surface area (Å²) in [5.74, 6) is 0.129. The molecule has 0 unspecified atom stereocenters. The van der Waals surface area contributed by atoms with Crippen LogP contribution in [-0.2, 0) is 4.79 Å². The van der Waals surface area contributed by atoms with Gasteiger partial charge in [-0.25, -0.2) is 0 Å². The Hall–Kier alpha value is -1.39. The van der Waals surface area contributed by atoms with Crippen LogP contribution in [0.5, 0.6) is 0 Å². The lowest BCUT2D eigenvalue weighted by molar-refractivity contribution is -0.136. The number of aliphatic hydroxyl groups is 1. The van der Waals surface area contributed by atoms with E-state index in [9.17, 15) is 9.90 Å². The van der Waals surface area contributed by atoms with Gasteiger partial charge >= 0.3 is 0 Å². The Bertz CT molecular complexity index is 439. The third kappa shape index (κ3) is 4.05. The molecule has 0 aliphatic carbocycles. The molecule has 2 rings (SSSR count). The first kappa shape index (κ1) is 16.0. The zero-order chi connectivity index (χ0) is 15.2. The second kappa shape index (κ2) is 7.57. The predicted octanol–water partition coefficient (Wildman–Crippen LogP) is 2.10. The molecule has 0 radical (unpaired) electrons. The van der Waals surface area contributed by atoms with Gasteiger partial charge in [0, 0.05) is 12.1 Å². The Morgan fingerprint density at radius 3 is 2.48 bits per heavy atom. The van der Waals surface area contributed by atoms with Crippen LogP contribution in [0.3, 0.4) is 0 Å². The molecule has 1 saturated heterocycles. The molecule has 4 nitrogen and oxygen atoms in total. The molecule has 0 saturated carbocycles. The van der Waals surface area contributed by atoms with E-state index in [0.29, 0.717) is 12.1 Å². The van der Waals surface area contributed by atoms with Crippen molar-refractivity contribution in [3.63, 3.8) is 0 Å². The molecule has 4 heteroatoms. The molecule has 1 aromatic carbocycles. The third-order valence-electron chi connectivity index (χ3n) is 4.37. The van der Waals surface area contributed by atoms with Gasteiger partial charge in [0.2, 0.25) is 5.91 Å². The Balaban J connectivity index is 1.93. The number of likely N-dealkylation sites (tertiary alicyclic amines) is 1. The molecule has 1 amide bonds. The van der Waals surface area contributed by atoms with Crippen LogP contribution in [-0.4, -0.2) is 41.1 Å². The van der Waals surface area contributed by atoms with Gasteiger partial charge in [-0.1, -0.05) is 30.3 Å². The minimum absolute atomic E-state index is 0.0115. The van der Waals surface area contributed by atoms with Crippen molar-refractivity contribution in [1.29, 1.82) is 0 Å². The first-order chi connectivity index (χ1) is 10.1. The number of hydrogen-bond acceptors (Lipinski definition) is 3. The van der Waals surface area contributed by atoms with Crippen LogP contribution < -0.4 is 5.32 Å². The predicted molar refractivity (Wildman–Crippen MR) is 83.9 cm³/mol. The summed E-state index contributed by atoms with van der Waals surface area (Å²) in [6.45, 7) is 4.50. The Morgan fingerprint density at radius 1 is 1.29 bits per heavy atom. The Labute approximate surface area is 127 Å². The van der Waals surface area contributed by atoms with Crippen molar-refractivity contribution in [3.05, 3.63) is 35.9 Å². The second-order valence-electron chi connectivity index (χ2n) is 5.96. The zero-order valence-corrected chi connectivity index (χ0v) is 13.0. The van der Waals surface area contributed by atoms with Crippen LogP contribution in [0, 0.1) is 0 Å². The van der Waals surface area contributed by atoms with Crippen molar-refractivity contribution >= 4 is 5.91 Å². The summed E-state index contributed by atoms with van der Waals surface area (Å²) in [6.07, 6.45) is 3.36. The van der Waals surface area contributed by atoms with Crippen LogP contribution >= 0.6 is 0 Å². The molecule has 0 aromatic heterocycles. The van der Waals surface area contributed by atoms with Gasteiger partial charge in [0.25, 0.3) is 0 Å². The largest absolute Gasteiger partial charge is 0.394 e. The molecule has 1 aliphatic rings. The minimum Gasteiger partial charge on any atom is -0.394 e. The topological polar surface area (TPSA) is 52.6 Å². The van der Waals surface area contributed by atoms with Crippen molar-refractivity contribution in [2.24, 2.45) is 0 Å². The van der Waals surface area contributed by atoms with E-state index in [1.165, 1.54) is 6.42 Å². The summed E-state index contributed by atoms with van der Waals surface area (Å²) in [4.78, 5) is 14.4. The van der Waals surface area contributed by atoms with Crippen LogP contribution in [0.25, 0.3) is 0 Å². The molecule has 0 bridgehead atoms. The molecule has 21 heavy (non-hydrogen) atoms. The average Bonchev–Trinajstić information content (AvgIpc) is 2.49. The SMILES string of the molecule is C[C@@H]1CCC[C@H](C)N1C(=O)CN[C@H](CO)c1ccccc1. The molecule has 1 aromatic rings. The van der Waals surface area contributed by atoms with E-state index in [1.807, 2.05) is 35.2 Å². The number of aliphatic hydroxyl groups excluding tert-OH is 1. The molecular weight excluding hydrogens is 264 g/mol. The second-order valence-corrected chi connectivity index (χ2v) is 5.96. The monoisotopic (exact) mass is 290 g/mol. The van der Waals surface area contributed by atoms with E-state index in [-0.39, 0.29) is 25.1 Å². The number of amides is 1. The maximum absolute atomic E-state index is 12.5. The maximum Gasteiger partial charge on any atom is 0.237 e. The quantitative estimate of drug-likeness (QED) is 0.873. The number of nitrogens with one attached hydrogen (secondary N) is 1. The Kier molecular flexibility index (Phi) is 5.76. The summed E-state index contributed by atoms with van der Waals surface area (Å²) >= 11 is 0. The van der Waals surface area contributed by atoms with E-state index in [4.69, 9.17) is 0 Å². The van der Waals surface area contributed by atoms with Gasteiger partial charge in [-0.05, 0) is 38.7 Å². The lowest BCUT2D eigenvalue weighted by Gasteiger charge is -2.39. The fourth-order valence-electron chi connectivity index (χ4n) is 3.19. The summed E-state index contributed by atoms with van der Waals surface area (Å²) in [5.41, 5.74) is 1.01. The molecule has 1 fully saturated rings. The first-order valence-corrected chi connectivity index (χ1v) is 7.83.